The number of sulfonamides is 1. The Hall–Kier alpha value is -2.46. The number of nitrogens with one attached hydrogen (secondary N) is 2. The molecule has 1 aromatic rings. The number of nitrogens with two attached hydrogens (primary N) is 1. The second-order valence-corrected chi connectivity index (χ2v) is 8.76. The van der Waals surface area contributed by atoms with Crippen LogP contribution < -0.4 is 15.8 Å². The van der Waals surface area contributed by atoms with Gasteiger partial charge < -0.3 is 10.5 Å². The van der Waals surface area contributed by atoms with Gasteiger partial charge in [-0.05, 0) is 37.0 Å². The number of ether oxygens (including phenoxy) is 1. The number of rotatable bonds is 6. The van der Waals surface area contributed by atoms with Crippen LogP contribution in [-0.2, 0) is 29.8 Å². The first-order valence-corrected chi connectivity index (χ1v) is 9.66. The molecule has 0 saturated heterocycles. The number of benzene rings is 1. The number of imide groups is 1. The number of carbonyl (C=O) groups is 3. The van der Waals surface area contributed by atoms with Gasteiger partial charge in [0, 0.05) is 0 Å². The molecule has 0 bridgehead atoms. The van der Waals surface area contributed by atoms with Crippen LogP contribution in [0.25, 0.3) is 0 Å². The third-order valence-electron chi connectivity index (χ3n) is 3.62. The molecule has 0 saturated carbocycles. The number of hydrogen-bond donors (Lipinski definition) is 3. The number of urea groups is 1. The van der Waals surface area contributed by atoms with Gasteiger partial charge in [0.25, 0.3) is 5.91 Å². The van der Waals surface area contributed by atoms with Crippen molar-refractivity contribution < 1.29 is 27.5 Å². The summed E-state index contributed by atoms with van der Waals surface area (Å²) in [5.74, 6) is -1.89. The van der Waals surface area contributed by atoms with Crippen LogP contribution in [0.4, 0.5) is 4.79 Å². The molecule has 0 spiro atoms. The molecule has 0 heterocycles. The monoisotopic (exact) mass is 399 g/mol. The van der Waals surface area contributed by atoms with Gasteiger partial charge >= 0.3 is 12.0 Å². The molecule has 0 radical (unpaired) electrons. The van der Waals surface area contributed by atoms with Gasteiger partial charge in [0.15, 0.2) is 6.10 Å². The molecular formula is C17H25N3O6S. The summed E-state index contributed by atoms with van der Waals surface area (Å²) < 4.78 is 31.9. The van der Waals surface area contributed by atoms with E-state index in [0.717, 1.165) is 5.56 Å². The van der Waals surface area contributed by atoms with Crippen molar-refractivity contribution in [2.24, 2.45) is 5.73 Å². The summed E-state index contributed by atoms with van der Waals surface area (Å²) in [4.78, 5) is 34.1. The Morgan fingerprint density at radius 2 is 1.59 bits per heavy atom. The molecule has 0 aliphatic carbocycles. The van der Waals surface area contributed by atoms with E-state index in [-0.39, 0.29) is 10.3 Å². The van der Waals surface area contributed by atoms with Crippen LogP contribution in [0, 0.1) is 0 Å². The first-order valence-electron chi connectivity index (χ1n) is 8.17. The average Bonchev–Trinajstić information content (AvgIpc) is 2.52. The molecule has 1 rings (SSSR count). The number of amides is 3. The zero-order chi connectivity index (χ0) is 21.0. The highest BCUT2D eigenvalue weighted by molar-refractivity contribution is 7.89. The minimum Gasteiger partial charge on any atom is -0.451 e. The summed E-state index contributed by atoms with van der Waals surface area (Å²) >= 11 is 0. The van der Waals surface area contributed by atoms with Crippen molar-refractivity contribution in [1.82, 2.24) is 10.0 Å². The Kier molecular flexibility index (Phi) is 7.10. The zero-order valence-electron chi connectivity index (χ0n) is 15.9. The first kappa shape index (κ1) is 22.6. The Morgan fingerprint density at radius 1 is 1.07 bits per heavy atom. The highest BCUT2D eigenvalue weighted by Crippen LogP contribution is 2.23. The summed E-state index contributed by atoms with van der Waals surface area (Å²) in [7, 11) is -3.97. The van der Waals surface area contributed by atoms with E-state index in [4.69, 9.17) is 10.5 Å². The molecule has 1 aromatic carbocycles. The van der Waals surface area contributed by atoms with Gasteiger partial charge in [-0.15, -0.1) is 0 Å². The van der Waals surface area contributed by atoms with Gasteiger partial charge in [-0.25, -0.2) is 13.2 Å². The molecule has 0 fully saturated rings. The lowest BCUT2D eigenvalue weighted by atomic mass is 9.87. The average molecular weight is 399 g/mol. The molecule has 0 unspecified atom stereocenters. The maximum Gasteiger partial charge on any atom is 0.324 e. The summed E-state index contributed by atoms with van der Waals surface area (Å²) in [6.45, 7) is 8.51. The highest BCUT2D eigenvalue weighted by atomic mass is 32.2. The standard InChI is InChI=1S/C17H25N3O6S/c1-10(15(22)26-11(2)14(21)19-16(18)23)20-27(24,25)13-8-6-12(7-9-13)17(3,4)5/h6-11,20H,1-5H3,(H3,18,19,21,23)/t10-,11-/m0/s1. The van der Waals surface area contributed by atoms with Crippen molar-refractivity contribution in [2.75, 3.05) is 0 Å². The maximum atomic E-state index is 12.4. The number of esters is 1. The predicted octanol–water partition coefficient (Wildman–Crippen LogP) is 0.778. The minimum atomic E-state index is -3.97. The van der Waals surface area contributed by atoms with Gasteiger partial charge in [0.2, 0.25) is 10.0 Å². The second kappa shape index (κ2) is 8.49. The molecule has 0 aliphatic rings. The van der Waals surface area contributed by atoms with E-state index in [9.17, 15) is 22.8 Å². The Balaban J connectivity index is 2.79. The fraction of sp³-hybridized carbons (Fsp3) is 0.471. The topological polar surface area (TPSA) is 145 Å². The van der Waals surface area contributed by atoms with Crippen LogP contribution in [0.15, 0.2) is 29.2 Å². The van der Waals surface area contributed by atoms with E-state index in [2.05, 4.69) is 4.72 Å². The van der Waals surface area contributed by atoms with E-state index in [1.165, 1.54) is 26.0 Å². The van der Waals surface area contributed by atoms with Gasteiger partial charge in [-0.3, -0.25) is 14.9 Å². The molecule has 150 valence electrons. The molecule has 0 aliphatic heterocycles. The highest BCUT2D eigenvalue weighted by Gasteiger charge is 2.27. The molecule has 3 amide bonds. The molecule has 10 heteroatoms. The van der Waals surface area contributed by atoms with Gasteiger partial charge in [-0.2, -0.15) is 4.72 Å². The van der Waals surface area contributed by atoms with Gasteiger partial charge in [0.1, 0.15) is 6.04 Å². The lowest BCUT2D eigenvalue weighted by Crippen LogP contribution is -2.45. The number of carbonyl (C=O) groups excluding carboxylic acids is 3. The van der Waals surface area contributed by atoms with Crippen LogP contribution in [-0.4, -0.2) is 38.5 Å². The quantitative estimate of drug-likeness (QED) is 0.603. The molecular weight excluding hydrogens is 374 g/mol. The third-order valence-corrected chi connectivity index (χ3v) is 5.18. The zero-order valence-corrected chi connectivity index (χ0v) is 16.7. The molecule has 2 atom stereocenters. The van der Waals surface area contributed by atoms with Crippen LogP contribution in [0.1, 0.15) is 40.2 Å². The summed E-state index contributed by atoms with van der Waals surface area (Å²) in [6, 6.07) is 3.96. The smallest absolute Gasteiger partial charge is 0.324 e. The minimum absolute atomic E-state index is 0.00494. The maximum absolute atomic E-state index is 12.4. The second-order valence-electron chi connectivity index (χ2n) is 7.05. The normalized spacial score (nSPS) is 14.1. The fourth-order valence-electron chi connectivity index (χ4n) is 2.04. The van der Waals surface area contributed by atoms with Crippen LogP contribution >= 0.6 is 0 Å². The largest absolute Gasteiger partial charge is 0.451 e. The first-order chi connectivity index (χ1) is 12.2. The van der Waals surface area contributed by atoms with E-state index >= 15 is 0 Å². The van der Waals surface area contributed by atoms with E-state index < -0.39 is 40.1 Å². The fourth-order valence-corrected chi connectivity index (χ4v) is 3.23. The van der Waals surface area contributed by atoms with E-state index in [1.54, 1.807) is 17.4 Å². The van der Waals surface area contributed by atoms with Gasteiger partial charge in [-0.1, -0.05) is 32.9 Å². The SMILES string of the molecule is C[C@H](NS(=O)(=O)c1ccc(C(C)(C)C)cc1)C(=O)O[C@@H](C)C(=O)NC(N)=O. The lowest BCUT2D eigenvalue weighted by Gasteiger charge is -2.20. The summed E-state index contributed by atoms with van der Waals surface area (Å²) in [5, 5.41) is 1.76. The number of hydrogen-bond acceptors (Lipinski definition) is 6. The summed E-state index contributed by atoms with van der Waals surface area (Å²) in [6.07, 6.45) is -1.32. The van der Waals surface area contributed by atoms with Crippen LogP contribution in [0.3, 0.4) is 0 Å². The van der Waals surface area contributed by atoms with Crippen LogP contribution in [0.2, 0.25) is 0 Å². The van der Waals surface area contributed by atoms with Crippen molar-refractivity contribution in [3.63, 3.8) is 0 Å². The molecule has 27 heavy (non-hydrogen) atoms. The van der Waals surface area contributed by atoms with E-state index in [0.29, 0.717) is 0 Å². The van der Waals surface area contributed by atoms with Gasteiger partial charge in [0.05, 0.1) is 4.90 Å². The molecule has 9 nitrogen and oxygen atoms in total. The van der Waals surface area contributed by atoms with Crippen molar-refractivity contribution in [1.29, 1.82) is 0 Å². The van der Waals surface area contributed by atoms with Crippen molar-refractivity contribution in [3.8, 4) is 0 Å². The summed E-state index contributed by atoms with van der Waals surface area (Å²) in [5.41, 5.74) is 5.63. The van der Waals surface area contributed by atoms with Crippen LogP contribution in [0.5, 0.6) is 0 Å². The molecule has 4 N–H and O–H groups in total. The Bertz CT molecular complexity index is 812. The number of primary amides is 1. The predicted molar refractivity (Wildman–Crippen MR) is 98.2 cm³/mol. The lowest BCUT2D eigenvalue weighted by molar-refractivity contribution is -0.155. The van der Waals surface area contributed by atoms with E-state index in [1.807, 2.05) is 20.8 Å². The Labute approximate surface area is 158 Å². The van der Waals surface area contributed by atoms with Crippen molar-refractivity contribution in [3.05, 3.63) is 29.8 Å². The van der Waals surface area contributed by atoms with Crippen molar-refractivity contribution >= 4 is 27.9 Å². The third kappa shape index (κ3) is 6.65. The Morgan fingerprint density at radius 3 is 2.04 bits per heavy atom. The van der Waals surface area contributed by atoms with Crippen molar-refractivity contribution in [2.45, 2.75) is 57.1 Å². The molecule has 0 aromatic heterocycles.